The smallest absolute Gasteiger partial charge is 0.194 e. The molecule has 4 rings (SSSR count). The van der Waals surface area contributed by atoms with Gasteiger partial charge in [0.2, 0.25) is 0 Å². The Morgan fingerprint density at radius 3 is 2.77 bits per heavy atom. The van der Waals surface area contributed by atoms with Crippen LogP contribution in [0.1, 0.15) is 25.3 Å². The van der Waals surface area contributed by atoms with Gasteiger partial charge in [0.1, 0.15) is 6.10 Å². The van der Waals surface area contributed by atoms with E-state index in [1.165, 1.54) is 0 Å². The molecule has 0 radical (unpaired) electrons. The van der Waals surface area contributed by atoms with E-state index in [1.807, 2.05) is 41.3 Å². The lowest BCUT2D eigenvalue weighted by Gasteiger charge is -2.37. The largest absolute Gasteiger partial charge is 0.375 e. The van der Waals surface area contributed by atoms with Gasteiger partial charge in [-0.1, -0.05) is 11.6 Å². The van der Waals surface area contributed by atoms with Gasteiger partial charge in [-0.15, -0.1) is 24.0 Å². The minimum absolute atomic E-state index is 0. The minimum atomic E-state index is 0. The Labute approximate surface area is 199 Å². The number of rotatable bonds is 5. The maximum atomic E-state index is 5.97. The van der Waals surface area contributed by atoms with Crippen molar-refractivity contribution in [3.8, 4) is 5.69 Å². The zero-order valence-electron chi connectivity index (χ0n) is 17.2. The van der Waals surface area contributed by atoms with Gasteiger partial charge in [-0.05, 0) is 44.0 Å². The number of aliphatic imine (C=N–C) groups is 1. The van der Waals surface area contributed by atoms with E-state index in [0.29, 0.717) is 18.2 Å². The number of nitrogens with one attached hydrogen (secondary N) is 1. The lowest BCUT2D eigenvalue weighted by atomic mass is 10.1. The van der Waals surface area contributed by atoms with Gasteiger partial charge >= 0.3 is 0 Å². The molecule has 2 aliphatic rings. The molecule has 0 amide bonds. The molecule has 2 aromatic rings. The summed E-state index contributed by atoms with van der Waals surface area (Å²) in [5.41, 5.74) is 2.03. The van der Waals surface area contributed by atoms with E-state index in [1.54, 1.807) is 0 Å². The Morgan fingerprint density at radius 1 is 1.23 bits per heavy atom. The SMILES string of the molecule is CCNC(=NCc1cnn(-c2ccc(Cl)cc2)c1)N1CCOC(C2CCCO2)C1.I. The molecule has 0 spiro atoms. The number of aromatic nitrogens is 2. The number of guanidine groups is 1. The van der Waals surface area contributed by atoms with Crippen molar-refractivity contribution in [2.75, 3.05) is 32.8 Å². The first-order valence-corrected chi connectivity index (χ1v) is 10.7. The van der Waals surface area contributed by atoms with Gasteiger partial charge in [0.15, 0.2) is 5.96 Å². The molecule has 2 fully saturated rings. The monoisotopic (exact) mass is 545 g/mol. The minimum Gasteiger partial charge on any atom is -0.375 e. The summed E-state index contributed by atoms with van der Waals surface area (Å²) < 4.78 is 13.6. The fourth-order valence-electron chi connectivity index (χ4n) is 3.76. The Morgan fingerprint density at radius 2 is 2.03 bits per heavy atom. The first kappa shape index (κ1) is 23.3. The van der Waals surface area contributed by atoms with Crippen LogP contribution in [0.2, 0.25) is 5.02 Å². The second-order valence-corrected chi connectivity index (χ2v) is 7.78. The number of morpholine rings is 1. The summed E-state index contributed by atoms with van der Waals surface area (Å²) in [6.07, 6.45) is 6.38. The predicted octanol–water partition coefficient (Wildman–Crippen LogP) is 3.49. The molecule has 164 valence electrons. The molecule has 2 unspecified atom stereocenters. The topological polar surface area (TPSA) is 63.9 Å². The number of benzene rings is 1. The summed E-state index contributed by atoms with van der Waals surface area (Å²) in [5.74, 6) is 0.915. The van der Waals surface area contributed by atoms with Gasteiger partial charge in [0.25, 0.3) is 0 Å². The predicted molar refractivity (Wildman–Crippen MR) is 129 cm³/mol. The van der Waals surface area contributed by atoms with Crippen LogP contribution in [-0.4, -0.2) is 65.7 Å². The maximum Gasteiger partial charge on any atom is 0.194 e. The molecule has 2 saturated heterocycles. The average molecular weight is 546 g/mol. The summed E-state index contributed by atoms with van der Waals surface area (Å²) >= 11 is 5.97. The van der Waals surface area contributed by atoms with Crippen molar-refractivity contribution in [2.24, 2.45) is 4.99 Å². The number of hydrogen-bond donors (Lipinski definition) is 1. The lowest BCUT2D eigenvalue weighted by Crippen LogP contribution is -2.53. The highest BCUT2D eigenvalue weighted by Gasteiger charge is 2.32. The van der Waals surface area contributed by atoms with Crippen molar-refractivity contribution in [1.82, 2.24) is 20.0 Å². The average Bonchev–Trinajstić information content (AvgIpc) is 3.44. The number of hydrogen-bond acceptors (Lipinski definition) is 4. The van der Waals surface area contributed by atoms with Crippen LogP contribution in [0.25, 0.3) is 5.69 Å². The fraction of sp³-hybridized carbons (Fsp3) is 0.524. The van der Waals surface area contributed by atoms with Gasteiger partial charge in [-0.3, -0.25) is 0 Å². The van der Waals surface area contributed by atoms with E-state index < -0.39 is 0 Å². The summed E-state index contributed by atoms with van der Waals surface area (Å²) in [4.78, 5) is 7.13. The molecule has 2 atom stereocenters. The van der Waals surface area contributed by atoms with E-state index in [0.717, 1.165) is 56.3 Å². The van der Waals surface area contributed by atoms with Gasteiger partial charge in [-0.2, -0.15) is 5.10 Å². The van der Waals surface area contributed by atoms with Crippen LogP contribution in [0.15, 0.2) is 41.7 Å². The Balaban J connectivity index is 0.00000256. The van der Waals surface area contributed by atoms with Crippen LogP contribution in [0, 0.1) is 0 Å². The van der Waals surface area contributed by atoms with Gasteiger partial charge in [0, 0.05) is 43.0 Å². The Hall–Kier alpha value is -1.36. The third-order valence-corrected chi connectivity index (χ3v) is 5.50. The molecule has 7 nitrogen and oxygen atoms in total. The summed E-state index contributed by atoms with van der Waals surface area (Å²) in [6, 6.07) is 7.63. The molecule has 1 aromatic heterocycles. The molecule has 2 aliphatic heterocycles. The first-order valence-electron chi connectivity index (χ1n) is 10.3. The molecule has 0 bridgehead atoms. The highest BCUT2D eigenvalue weighted by molar-refractivity contribution is 14.0. The van der Waals surface area contributed by atoms with Crippen molar-refractivity contribution < 1.29 is 9.47 Å². The molecular weight excluding hydrogens is 517 g/mol. The van der Waals surface area contributed by atoms with Crippen LogP contribution in [0.4, 0.5) is 0 Å². The van der Waals surface area contributed by atoms with Crippen LogP contribution in [0.5, 0.6) is 0 Å². The van der Waals surface area contributed by atoms with Crippen LogP contribution in [0.3, 0.4) is 0 Å². The molecule has 9 heteroatoms. The van der Waals surface area contributed by atoms with E-state index in [2.05, 4.69) is 22.2 Å². The normalized spacial score (nSPS) is 22.1. The molecule has 1 N–H and O–H groups in total. The second-order valence-electron chi connectivity index (χ2n) is 7.35. The first-order chi connectivity index (χ1) is 14.2. The van der Waals surface area contributed by atoms with E-state index >= 15 is 0 Å². The quantitative estimate of drug-likeness (QED) is 0.354. The molecule has 1 aromatic carbocycles. The van der Waals surface area contributed by atoms with Crippen molar-refractivity contribution in [3.63, 3.8) is 0 Å². The Kier molecular flexibility index (Phi) is 8.79. The van der Waals surface area contributed by atoms with Crippen LogP contribution in [-0.2, 0) is 16.0 Å². The highest BCUT2D eigenvalue weighted by atomic mass is 127. The van der Waals surface area contributed by atoms with Crippen molar-refractivity contribution in [3.05, 3.63) is 47.2 Å². The number of halogens is 2. The van der Waals surface area contributed by atoms with Crippen LogP contribution >= 0.6 is 35.6 Å². The molecular formula is C21H29ClIN5O2. The molecule has 30 heavy (non-hydrogen) atoms. The van der Waals surface area contributed by atoms with E-state index in [9.17, 15) is 0 Å². The Bertz CT molecular complexity index is 823. The summed E-state index contributed by atoms with van der Waals surface area (Å²) in [6.45, 7) is 6.66. The van der Waals surface area contributed by atoms with Gasteiger partial charge in [-0.25, -0.2) is 9.67 Å². The van der Waals surface area contributed by atoms with Gasteiger partial charge < -0.3 is 19.7 Å². The van der Waals surface area contributed by atoms with Crippen molar-refractivity contribution >= 4 is 41.5 Å². The molecule has 3 heterocycles. The zero-order chi connectivity index (χ0) is 20.1. The van der Waals surface area contributed by atoms with Crippen LogP contribution < -0.4 is 5.32 Å². The lowest BCUT2D eigenvalue weighted by molar-refractivity contribution is -0.0817. The van der Waals surface area contributed by atoms with E-state index in [-0.39, 0.29) is 36.2 Å². The van der Waals surface area contributed by atoms with Crippen molar-refractivity contribution in [2.45, 2.75) is 38.5 Å². The highest BCUT2D eigenvalue weighted by Crippen LogP contribution is 2.21. The number of nitrogens with zero attached hydrogens (tertiary/aromatic N) is 4. The molecule has 0 aliphatic carbocycles. The zero-order valence-corrected chi connectivity index (χ0v) is 20.3. The fourth-order valence-corrected chi connectivity index (χ4v) is 3.88. The third-order valence-electron chi connectivity index (χ3n) is 5.25. The molecule has 0 saturated carbocycles. The van der Waals surface area contributed by atoms with Crippen molar-refractivity contribution in [1.29, 1.82) is 0 Å². The second kappa shape index (κ2) is 11.3. The summed E-state index contributed by atoms with van der Waals surface area (Å²) in [7, 11) is 0. The summed E-state index contributed by atoms with van der Waals surface area (Å²) in [5, 5.41) is 8.58. The van der Waals surface area contributed by atoms with Gasteiger partial charge in [0.05, 0.1) is 31.1 Å². The maximum absolute atomic E-state index is 5.97. The standard InChI is InChI=1S/C21H28ClN5O2.HI/c1-2-23-21(26-9-11-29-20(15-26)19-4-3-10-28-19)24-12-16-13-25-27(14-16)18-7-5-17(22)6-8-18;/h5-8,13-14,19-20H,2-4,9-12,15H2,1H3,(H,23,24);1H. The van der Waals surface area contributed by atoms with E-state index in [4.69, 9.17) is 26.1 Å². The third kappa shape index (κ3) is 5.87. The number of ether oxygens (including phenoxy) is 2.